The summed E-state index contributed by atoms with van der Waals surface area (Å²) in [5.74, 6) is 1.45. The van der Waals surface area contributed by atoms with Gasteiger partial charge < -0.3 is 15.5 Å². The van der Waals surface area contributed by atoms with Crippen LogP contribution in [0.3, 0.4) is 0 Å². The first-order valence-electron chi connectivity index (χ1n) is 8.21. The molecule has 0 aromatic rings. The van der Waals surface area contributed by atoms with Crippen molar-refractivity contribution >= 4 is 47.6 Å². The van der Waals surface area contributed by atoms with Gasteiger partial charge in [0.2, 0.25) is 5.91 Å². The Morgan fingerprint density at radius 2 is 2.00 bits per heavy atom. The number of rotatable bonds is 6. The topological polar surface area (TPSA) is 56.7 Å². The number of hydrogen-bond acceptors (Lipinski definition) is 3. The molecule has 3 unspecified atom stereocenters. The summed E-state index contributed by atoms with van der Waals surface area (Å²) in [7, 11) is 3.52. The van der Waals surface area contributed by atoms with E-state index in [1.165, 1.54) is 25.7 Å². The minimum absolute atomic E-state index is 0. The predicted octanol–water partition coefficient (Wildman–Crippen LogP) is 2.56. The number of nitrogens with one attached hydrogen (secondary N) is 2. The molecule has 0 aliphatic heterocycles. The Morgan fingerprint density at radius 1 is 1.35 bits per heavy atom. The first-order valence-corrected chi connectivity index (χ1v) is 9.50. The highest BCUT2D eigenvalue weighted by molar-refractivity contribution is 14.0. The van der Waals surface area contributed by atoms with Crippen molar-refractivity contribution in [2.24, 2.45) is 10.9 Å². The van der Waals surface area contributed by atoms with Crippen molar-refractivity contribution < 1.29 is 4.79 Å². The number of carbonyl (C=O) groups excluding carboxylic acids is 1. The van der Waals surface area contributed by atoms with Crippen LogP contribution in [0.1, 0.15) is 39.5 Å². The summed E-state index contributed by atoms with van der Waals surface area (Å²) in [4.78, 5) is 17.8. The largest absolute Gasteiger partial charge is 0.355 e. The maximum Gasteiger partial charge on any atom is 0.243 e. The number of aliphatic imine (C=N–C) groups is 1. The number of thioether (sulfide) groups is 1. The molecule has 1 amide bonds. The third-order valence-electron chi connectivity index (χ3n) is 4.26. The average molecular weight is 456 g/mol. The summed E-state index contributed by atoms with van der Waals surface area (Å²) in [5.41, 5.74) is 0. The van der Waals surface area contributed by atoms with Crippen molar-refractivity contribution in [3.8, 4) is 0 Å². The third kappa shape index (κ3) is 9.02. The Morgan fingerprint density at radius 3 is 2.57 bits per heavy atom. The maximum atomic E-state index is 11.8. The minimum atomic E-state index is 0. The molecule has 1 rings (SSSR count). The fourth-order valence-corrected chi connectivity index (χ4v) is 2.72. The quantitative estimate of drug-likeness (QED) is 0.367. The van der Waals surface area contributed by atoms with Crippen LogP contribution >= 0.6 is 35.7 Å². The van der Waals surface area contributed by atoms with E-state index >= 15 is 0 Å². The molecule has 0 aromatic carbocycles. The molecule has 1 fully saturated rings. The van der Waals surface area contributed by atoms with E-state index in [1.807, 2.05) is 11.8 Å². The molecule has 5 nitrogen and oxygen atoms in total. The number of likely N-dealkylation sites (N-methyl/N-ethyl adjacent to an activating group) is 1. The normalized spacial score (nSPS) is 22.7. The van der Waals surface area contributed by atoms with Crippen LogP contribution in [0, 0.1) is 5.92 Å². The zero-order valence-electron chi connectivity index (χ0n) is 15.1. The third-order valence-corrected chi connectivity index (χ3v) is 5.24. The number of hydrogen-bond donors (Lipinski definition) is 2. The van der Waals surface area contributed by atoms with E-state index in [2.05, 4.69) is 35.7 Å². The molecular weight excluding hydrogens is 423 g/mol. The van der Waals surface area contributed by atoms with Crippen molar-refractivity contribution in [1.82, 2.24) is 15.5 Å². The lowest BCUT2D eigenvalue weighted by atomic mass is 9.86. The van der Waals surface area contributed by atoms with Gasteiger partial charge >= 0.3 is 0 Å². The number of halogens is 1. The van der Waals surface area contributed by atoms with Gasteiger partial charge in [0.1, 0.15) is 6.54 Å². The highest BCUT2D eigenvalue weighted by Gasteiger charge is 2.22. The standard InChI is InChI=1S/C16H32N4OS.HI/c1-12-8-6-7-9-14(12)19-16(17-10-13(2)22-5)18-11-15(21)20(3)4;/h12-14H,6-11H2,1-5H3,(H2,17,18,19);1H. The highest BCUT2D eigenvalue weighted by Crippen LogP contribution is 2.23. The second-order valence-corrected chi connectivity index (χ2v) is 7.67. The molecule has 1 saturated carbocycles. The molecule has 0 aromatic heterocycles. The molecule has 0 saturated heterocycles. The van der Waals surface area contributed by atoms with Crippen molar-refractivity contribution in [2.75, 3.05) is 33.4 Å². The number of guanidine groups is 1. The summed E-state index contributed by atoms with van der Waals surface area (Å²) in [6.45, 7) is 5.52. The maximum absolute atomic E-state index is 11.8. The Hall–Kier alpha value is -0.180. The summed E-state index contributed by atoms with van der Waals surface area (Å²) in [6.07, 6.45) is 7.15. The van der Waals surface area contributed by atoms with Crippen LogP contribution in [-0.4, -0.2) is 61.5 Å². The molecule has 1 aliphatic carbocycles. The zero-order valence-corrected chi connectivity index (χ0v) is 18.2. The second-order valence-electron chi connectivity index (χ2n) is 6.39. The van der Waals surface area contributed by atoms with Crippen molar-refractivity contribution in [3.05, 3.63) is 0 Å². The van der Waals surface area contributed by atoms with Gasteiger partial charge in [0.25, 0.3) is 0 Å². The molecule has 0 bridgehead atoms. The SMILES string of the molecule is CSC(C)CNC(=NCC(=O)N(C)C)NC1CCCCC1C.I. The van der Waals surface area contributed by atoms with Crippen molar-refractivity contribution in [1.29, 1.82) is 0 Å². The number of nitrogens with zero attached hydrogens (tertiary/aromatic N) is 2. The van der Waals surface area contributed by atoms with Crippen LogP contribution in [0.25, 0.3) is 0 Å². The molecule has 23 heavy (non-hydrogen) atoms. The van der Waals surface area contributed by atoms with E-state index in [1.54, 1.807) is 19.0 Å². The first-order chi connectivity index (χ1) is 10.4. The summed E-state index contributed by atoms with van der Waals surface area (Å²) in [5, 5.41) is 7.43. The molecule has 2 N–H and O–H groups in total. The summed E-state index contributed by atoms with van der Waals surface area (Å²) in [6, 6.07) is 0.457. The Bertz CT molecular complexity index is 379. The summed E-state index contributed by atoms with van der Waals surface area (Å²) < 4.78 is 0. The van der Waals surface area contributed by atoms with Gasteiger partial charge in [-0.2, -0.15) is 11.8 Å². The summed E-state index contributed by atoms with van der Waals surface area (Å²) >= 11 is 1.82. The van der Waals surface area contributed by atoms with Gasteiger partial charge in [-0.25, -0.2) is 4.99 Å². The van der Waals surface area contributed by atoms with E-state index in [0.717, 1.165) is 12.5 Å². The van der Waals surface area contributed by atoms with E-state index in [4.69, 9.17) is 0 Å². The van der Waals surface area contributed by atoms with E-state index in [0.29, 0.717) is 17.2 Å². The molecule has 3 atom stereocenters. The lowest BCUT2D eigenvalue weighted by molar-refractivity contribution is -0.127. The van der Waals surface area contributed by atoms with Gasteiger partial charge in [0, 0.05) is 31.9 Å². The molecule has 0 spiro atoms. The molecule has 7 heteroatoms. The second kappa shape index (κ2) is 12.2. The van der Waals surface area contributed by atoms with Gasteiger partial charge in [-0.15, -0.1) is 24.0 Å². The van der Waals surface area contributed by atoms with E-state index < -0.39 is 0 Å². The minimum Gasteiger partial charge on any atom is -0.355 e. The van der Waals surface area contributed by atoms with Gasteiger partial charge in [-0.3, -0.25) is 4.79 Å². The fraction of sp³-hybridized carbons (Fsp3) is 0.875. The first kappa shape index (κ1) is 22.8. The lowest BCUT2D eigenvalue weighted by Crippen LogP contribution is -2.48. The molecule has 0 heterocycles. The van der Waals surface area contributed by atoms with E-state index in [-0.39, 0.29) is 36.4 Å². The van der Waals surface area contributed by atoms with Crippen LogP contribution in [0.4, 0.5) is 0 Å². The lowest BCUT2D eigenvalue weighted by Gasteiger charge is -2.31. The van der Waals surface area contributed by atoms with Crippen LogP contribution in [0.5, 0.6) is 0 Å². The highest BCUT2D eigenvalue weighted by atomic mass is 127. The molecular formula is C16H33IN4OS. The van der Waals surface area contributed by atoms with Gasteiger partial charge in [0.05, 0.1) is 0 Å². The molecule has 136 valence electrons. The molecule has 1 aliphatic rings. The van der Waals surface area contributed by atoms with E-state index in [9.17, 15) is 4.79 Å². The fourth-order valence-electron chi connectivity index (χ4n) is 2.47. The Kier molecular flexibility index (Phi) is 12.1. The monoisotopic (exact) mass is 456 g/mol. The average Bonchev–Trinajstić information content (AvgIpc) is 2.50. The number of carbonyl (C=O) groups is 1. The van der Waals surface area contributed by atoms with Crippen molar-refractivity contribution in [3.63, 3.8) is 0 Å². The predicted molar refractivity (Wildman–Crippen MR) is 112 cm³/mol. The zero-order chi connectivity index (χ0) is 16.5. The van der Waals surface area contributed by atoms with Gasteiger partial charge in [0.15, 0.2) is 5.96 Å². The van der Waals surface area contributed by atoms with Crippen molar-refractivity contribution in [2.45, 2.75) is 50.8 Å². The van der Waals surface area contributed by atoms with Crippen LogP contribution < -0.4 is 10.6 Å². The van der Waals surface area contributed by atoms with Crippen LogP contribution in [0.15, 0.2) is 4.99 Å². The number of amides is 1. The smallest absolute Gasteiger partial charge is 0.243 e. The van der Waals surface area contributed by atoms with Crippen LogP contribution in [-0.2, 0) is 4.79 Å². The molecule has 0 radical (unpaired) electrons. The van der Waals surface area contributed by atoms with Gasteiger partial charge in [-0.05, 0) is 25.0 Å². The van der Waals surface area contributed by atoms with Gasteiger partial charge in [-0.1, -0.05) is 26.7 Å². The Balaban J connectivity index is 0.00000484. The Labute approximate surface area is 162 Å². The van der Waals surface area contributed by atoms with Crippen LogP contribution in [0.2, 0.25) is 0 Å².